The highest BCUT2D eigenvalue weighted by Crippen LogP contribution is 2.21. The lowest BCUT2D eigenvalue weighted by atomic mass is 9.97. The van der Waals surface area contributed by atoms with E-state index in [1.807, 2.05) is 18.7 Å². The predicted molar refractivity (Wildman–Crippen MR) is 68.8 cm³/mol. The van der Waals surface area contributed by atoms with Crippen molar-refractivity contribution in [2.24, 2.45) is 5.92 Å². The Morgan fingerprint density at radius 1 is 1.53 bits per heavy atom. The van der Waals surface area contributed by atoms with Gasteiger partial charge in [-0.2, -0.15) is 0 Å². The van der Waals surface area contributed by atoms with Gasteiger partial charge >= 0.3 is 0 Å². The van der Waals surface area contributed by atoms with Gasteiger partial charge in [0.15, 0.2) is 0 Å². The van der Waals surface area contributed by atoms with E-state index < -0.39 is 0 Å². The van der Waals surface area contributed by atoms with Gasteiger partial charge in [-0.15, -0.1) is 0 Å². The molecule has 1 aliphatic heterocycles. The minimum Gasteiger partial charge on any atom is -0.396 e. The average molecular weight is 242 g/mol. The zero-order valence-corrected chi connectivity index (χ0v) is 11.1. The number of rotatable bonds is 6. The first-order valence-corrected chi connectivity index (χ1v) is 6.82. The van der Waals surface area contributed by atoms with Crippen molar-refractivity contribution in [3.05, 3.63) is 0 Å². The molecule has 0 aliphatic carbocycles. The van der Waals surface area contributed by atoms with Gasteiger partial charge in [0.1, 0.15) is 0 Å². The van der Waals surface area contributed by atoms with Crippen LogP contribution in [0.3, 0.4) is 0 Å². The number of nitrogens with zero attached hydrogens (tertiary/aromatic N) is 1. The summed E-state index contributed by atoms with van der Waals surface area (Å²) < 4.78 is 0. The predicted octanol–water partition coefficient (Wildman–Crippen LogP) is 0.995. The third-order valence-electron chi connectivity index (χ3n) is 3.49. The number of hydrogen-bond acceptors (Lipinski definition) is 3. The topological polar surface area (TPSA) is 52.6 Å². The molecule has 1 saturated heterocycles. The monoisotopic (exact) mass is 242 g/mol. The maximum absolute atomic E-state index is 12.3. The second kappa shape index (κ2) is 7.67. The van der Waals surface area contributed by atoms with Crippen LogP contribution in [-0.4, -0.2) is 48.2 Å². The van der Waals surface area contributed by atoms with Gasteiger partial charge in [0.25, 0.3) is 0 Å². The molecule has 0 saturated carbocycles. The van der Waals surface area contributed by atoms with Crippen LogP contribution in [0.15, 0.2) is 0 Å². The van der Waals surface area contributed by atoms with Crippen LogP contribution in [0.4, 0.5) is 0 Å². The third-order valence-corrected chi connectivity index (χ3v) is 3.49. The van der Waals surface area contributed by atoms with Gasteiger partial charge in [0.05, 0.1) is 0 Å². The summed E-state index contributed by atoms with van der Waals surface area (Å²) in [5, 5.41) is 12.3. The van der Waals surface area contributed by atoms with Gasteiger partial charge in [0, 0.05) is 31.7 Å². The molecule has 0 aromatic rings. The second-order valence-corrected chi connectivity index (χ2v) is 4.90. The molecule has 0 aromatic heterocycles. The van der Waals surface area contributed by atoms with E-state index in [2.05, 4.69) is 5.32 Å². The number of hydrogen-bond donors (Lipinski definition) is 2. The van der Waals surface area contributed by atoms with Crippen LogP contribution in [0.25, 0.3) is 0 Å². The number of piperidine rings is 1. The molecule has 2 atom stereocenters. The molecule has 1 amide bonds. The molecule has 2 N–H and O–H groups in total. The average Bonchev–Trinajstić information content (AvgIpc) is 2.36. The molecule has 4 nitrogen and oxygen atoms in total. The van der Waals surface area contributed by atoms with Gasteiger partial charge in [-0.3, -0.25) is 4.79 Å². The van der Waals surface area contributed by atoms with E-state index in [0.717, 1.165) is 38.9 Å². The molecule has 100 valence electrons. The fraction of sp³-hybridized carbons (Fsp3) is 0.923. The molecule has 1 fully saturated rings. The van der Waals surface area contributed by atoms with Gasteiger partial charge in [-0.25, -0.2) is 0 Å². The number of aliphatic hydroxyl groups is 1. The van der Waals surface area contributed by atoms with Crippen LogP contribution in [-0.2, 0) is 4.79 Å². The summed E-state index contributed by atoms with van der Waals surface area (Å²) in [6.45, 7) is 6.72. The summed E-state index contributed by atoms with van der Waals surface area (Å²) in [5.74, 6) is 0.276. The maximum Gasteiger partial charge on any atom is 0.226 e. The van der Waals surface area contributed by atoms with E-state index in [9.17, 15) is 4.79 Å². The zero-order valence-electron chi connectivity index (χ0n) is 11.1. The van der Waals surface area contributed by atoms with Crippen LogP contribution in [0.2, 0.25) is 0 Å². The van der Waals surface area contributed by atoms with Crippen molar-refractivity contribution in [2.75, 3.05) is 26.2 Å². The summed E-state index contributed by atoms with van der Waals surface area (Å²) in [5.41, 5.74) is 0. The van der Waals surface area contributed by atoms with E-state index in [1.165, 1.54) is 6.42 Å². The summed E-state index contributed by atoms with van der Waals surface area (Å²) in [6.07, 6.45) is 4.04. The maximum atomic E-state index is 12.3. The molecule has 4 heteroatoms. The van der Waals surface area contributed by atoms with E-state index in [4.69, 9.17) is 5.11 Å². The zero-order chi connectivity index (χ0) is 12.7. The Morgan fingerprint density at radius 3 is 2.94 bits per heavy atom. The Kier molecular flexibility index (Phi) is 6.52. The molecule has 0 bridgehead atoms. The Bertz CT molecular complexity index is 231. The number of aliphatic hydroxyl groups excluding tert-OH is 1. The number of likely N-dealkylation sites (tertiary alicyclic amines) is 1. The van der Waals surface area contributed by atoms with E-state index in [-0.39, 0.29) is 24.5 Å². The highest BCUT2D eigenvalue weighted by Gasteiger charge is 2.28. The highest BCUT2D eigenvalue weighted by atomic mass is 16.3. The lowest BCUT2D eigenvalue weighted by Crippen LogP contribution is -2.48. The Labute approximate surface area is 104 Å². The SMILES string of the molecule is CCNCC(C)C(=O)N1CCCCC1CCO. The van der Waals surface area contributed by atoms with Crippen molar-refractivity contribution in [2.45, 2.75) is 45.6 Å². The van der Waals surface area contributed by atoms with E-state index in [1.54, 1.807) is 0 Å². The minimum absolute atomic E-state index is 0.0363. The largest absolute Gasteiger partial charge is 0.396 e. The van der Waals surface area contributed by atoms with E-state index >= 15 is 0 Å². The van der Waals surface area contributed by atoms with Crippen molar-refractivity contribution in [3.8, 4) is 0 Å². The molecule has 2 unspecified atom stereocenters. The van der Waals surface area contributed by atoms with Crippen LogP contribution in [0.1, 0.15) is 39.5 Å². The standard InChI is InChI=1S/C13H26N2O2/c1-3-14-10-11(2)13(17)15-8-5-4-6-12(15)7-9-16/h11-12,14,16H,3-10H2,1-2H3. The van der Waals surface area contributed by atoms with Crippen molar-refractivity contribution in [1.82, 2.24) is 10.2 Å². The van der Waals surface area contributed by atoms with Crippen molar-refractivity contribution >= 4 is 5.91 Å². The normalized spacial score (nSPS) is 22.5. The van der Waals surface area contributed by atoms with Gasteiger partial charge in [-0.05, 0) is 32.2 Å². The van der Waals surface area contributed by atoms with Crippen molar-refractivity contribution in [1.29, 1.82) is 0 Å². The van der Waals surface area contributed by atoms with Crippen LogP contribution < -0.4 is 5.32 Å². The quantitative estimate of drug-likeness (QED) is 0.730. The van der Waals surface area contributed by atoms with Gasteiger partial charge in [0.2, 0.25) is 5.91 Å². The van der Waals surface area contributed by atoms with Crippen LogP contribution >= 0.6 is 0 Å². The molecular weight excluding hydrogens is 216 g/mol. The summed E-state index contributed by atoms with van der Waals surface area (Å²) in [7, 11) is 0. The number of amides is 1. The summed E-state index contributed by atoms with van der Waals surface area (Å²) >= 11 is 0. The molecular formula is C13H26N2O2. The first kappa shape index (κ1) is 14.5. The fourth-order valence-electron chi connectivity index (χ4n) is 2.47. The summed E-state index contributed by atoms with van der Waals surface area (Å²) in [4.78, 5) is 14.3. The lowest BCUT2D eigenvalue weighted by molar-refractivity contribution is -0.138. The first-order valence-electron chi connectivity index (χ1n) is 6.82. The Morgan fingerprint density at radius 2 is 2.29 bits per heavy atom. The number of carbonyl (C=O) groups is 1. The summed E-state index contributed by atoms with van der Waals surface area (Å²) in [6, 6.07) is 0.255. The van der Waals surface area contributed by atoms with Crippen LogP contribution in [0, 0.1) is 5.92 Å². The van der Waals surface area contributed by atoms with Gasteiger partial charge < -0.3 is 15.3 Å². The first-order chi connectivity index (χ1) is 8.20. The number of nitrogens with one attached hydrogen (secondary N) is 1. The molecule has 17 heavy (non-hydrogen) atoms. The second-order valence-electron chi connectivity index (χ2n) is 4.90. The number of carbonyl (C=O) groups excluding carboxylic acids is 1. The van der Waals surface area contributed by atoms with Crippen molar-refractivity contribution < 1.29 is 9.90 Å². The molecule has 1 aliphatic rings. The smallest absolute Gasteiger partial charge is 0.226 e. The lowest BCUT2D eigenvalue weighted by Gasteiger charge is -2.37. The minimum atomic E-state index is 0.0363. The Hall–Kier alpha value is -0.610. The molecule has 0 spiro atoms. The fourth-order valence-corrected chi connectivity index (χ4v) is 2.47. The Balaban J connectivity index is 2.51. The molecule has 0 aromatic carbocycles. The molecule has 1 rings (SSSR count). The van der Waals surface area contributed by atoms with Crippen LogP contribution in [0.5, 0.6) is 0 Å². The van der Waals surface area contributed by atoms with Gasteiger partial charge in [-0.1, -0.05) is 13.8 Å². The highest BCUT2D eigenvalue weighted by molar-refractivity contribution is 5.79. The van der Waals surface area contributed by atoms with Crippen molar-refractivity contribution in [3.63, 3.8) is 0 Å². The van der Waals surface area contributed by atoms with E-state index in [0.29, 0.717) is 0 Å². The molecule has 0 radical (unpaired) electrons. The third kappa shape index (κ3) is 4.28. The molecule has 1 heterocycles.